The normalized spacial score (nSPS) is 35.6. The monoisotopic (exact) mass is 331 g/mol. The van der Waals surface area contributed by atoms with Gasteiger partial charge in [-0.15, -0.1) is 0 Å². The molecule has 1 amide bonds. The molecular weight excluding hydrogens is 314 g/mol. The molecule has 0 saturated carbocycles. The van der Waals surface area contributed by atoms with Crippen LogP contribution in [0.4, 0.5) is 0 Å². The largest absolute Gasteiger partial charge is 0.466 e. The number of benzene rings is 1. The van der Waals surface area contributed by atoms with Gasteiger partial charge in [0.15, 0.2) is 6.10 Å². The first-order valence-electron chi connectivity index (χ1n) is 8.00. The fraction of sp³-hybridized carbons (Fsp3) is 0.471. The third-order valence-electron chi connectivity index (χ3n) is 4.86. The molecule has 3 aliphatic heterocycles. The molecule has 0 spiro atoms. The molecule has 7 heteroatoms. The number of fused-ring (bicyclic) bond motifs is 1. The Bertz CT molecular complexity index is 690. The van der Waals surface area contributed by atoms with Crippen LogP contribution in [0.3, 0.4) is 0 Å². The fourth-order valence-electron chi connectivity index (χ4n) is 3.88. The summed E-state index contributed by atoms with van der Waals surface area (Å²) in [4.78, 5) is 36.8. The SMILES string of the molecule is CCOC(=O)[C@H]1[C@H]2O[C@@H]3[C@@H](OC(=O)[C@@H]31)[C@@H]2NC(=O)c1ccccc1. The van der Waals surface area contributed by atoms with Crippen LogP contribution in [0.2, 0.25) is 0 Å². The summed E-state index contributed by atoms with van der Waals surface area (Å²) in [5, 5.41) is 2.85. The standard InChI is InChI=1S/C17H17NO6/c1-2-22-16(20)9-10-13-14(24-17(10)21)11(12(9)23-13)18-15(19)8-6-4-3-5-7-8/h3-7,9-14H,2H2,1H3,(H,18,19)/t9-,10-,11-,12-,13+,14+/m1/s1. The third kappa shape index (κ3) is 2.11. The Morgan fingerprint density at radius 1 is 1.17 bits per heavy atom. The first-order valence-corrected chi connectivity index (χ1v) is 8.00. The van der Waals surface area contributed by atoms with E-state index in [1.165, 1.54) is 0 Å². The molecule has 4 rings (SSSR count). The number of ether oxygens (including phenoxy) is 3. The fourth-order valence-corrected chi connectivity index (χ4v) is 3.88. The van der Waals surface area contributed by atoms with Gasteiger partial charge in [-0.2, -0.15) is 0 Å². The lowest BCUT2D eigenvalue weighted by atomic mass is 9.77. The first kappa shape index (κ1) is 15.1. The molecule has 0 aromatic heterocycles. The number of carbonyl (C=O) groups excluding carboxylic acids is 3. The van der Waals surface area contributed by atoms with Crippen LogP contribution in [0, 0.1) is 11.8 Å². The average molecular weight is 331 g/mol. The van der Waals surface area contributed by atoms with Crippen molar-refractivity contribution in [1.29, 1.82) is 0 Å². The molecule has 3 saturated heterocycles. The topological polar surface area (TPSA) is 90.9 Å². The van der Waals surface area contributed by atoms with Gasteiger partial charge in [0.25, 0.3) is 5.91 Å². The smallest absolute Gasteiger partial charge is 0.313 e. The maximum Gasteiger partial charge on any atom is 0.313 e. The van der Waals surface area contributed by atoms with Gasteiger partial charge in [0.2, 0.25) is 0 Å². The highest BCUT2D eigenvalue weighted by molar-refractivity contribution is 5.95. The average Bonchev–Trinajstić information content (AvgIpc) is 3.19. The van der Waals surface area contributed by atoms with Crippen molar-refractivity contribution in [2.45, 2.75) is 31.3 Å². The summed E-state index contributed by atoms with van der Waals surface area (Å²) < 4.78 is 16.2. The van der Waals surface area contributed by atoms with E-state index in [0.29, 0.717) is 5.56 Å². The Hall–Kier alpha value is -2.41. The predicted molar refractivity (Wildman–Crippen MR) is 79.9 cm³/mol. The Morgan fingerprint density at radius 3 is 2.62 bits per heavy atom. The minimum atomic E-state index is -0.734. The van der Waals surface area contributed by atoms with Crippen LogP contribution in [-0.4, -0.2) is 48.8 Å². The van der Waals surface area contributed by atoms with Crippen molar-refractivity contribution < 1.29 is 28.6 Å². The number of hydrogen-bond donors (Lipinski definition) is 1. The van der Waals surface area contributed by atoms with Crippen LogP contribution >= 0.6 is 0 Å². The molecule has 0 unspecified atom stereocenters. The van der Waals surface area contributed by atoms with E-state index in [1.54, 1.807) is 31.2 Å². The lowest BCUT2D eigenvalue weighted by molar-refractivity contribution is -0.155. The second-order valence-electron chi connectivity index (χ2n) is 6.14. The summed E-state index contributed by atoms with van der Waals surface area (Å²) in [7, 11) is 0. The zero-order valence-corrected chi connectivity index (χ0v) is 13.0. The van der Waals surface area contributed by atoms with E-state index in [4.69, 9.17) is 14.2 Å². The van der Waals surface area contributed by atoms with Crippen LogP contribution in [-0.2, 0) is 23.8 Å². The molecule has 1 aromatic rings. The lowest BCUT2D eigenvalue weighted by Gasteiger charge is -2.28. The minimum absolute atomic E-state index is 0.221. The minimum Gasteiger partial charge on any atom is -0.466 e. The number of esters is 2. The lowest BCUT2D eigenvalue weighted by Crippen LogP contribution is -2.54. The number of nitrogens with one attached hydrogen (secondary N) is 1. The number of rotatable bonds is 4. The molecule has 7 nitrogen and oxygen atoms in total. The summed E-state index contributed by atoms with van der Waals surface area (Å²) in [6.07, 6.45) is -1.66. The molecule has 2 bridgehead atoms. The van der Waals surface area contributed by atoms with Gasteiger partial charge in [-0.1, -0.05) is 18.2 Å². The Balaban J connectivity index is 1.58. The summed E-state index contributed by atoms with van der Waals surface area (Å²) in [6.45, 7) is 1.93. The van der Waals surface area contributed by atoms with Crippen LogP contribution in [0.5, 0.6) is 0 Å². The second-order valence-corrected chi connectivity index (χ2v) is 6.14. The van der Waals surface area contributed by atoms with Gasteiger partial charge >= 0.3 is 11.9 Å². The quantitative estimate of drug-likeness (QED) is 0.797. The van der Waals surface area contributed by atoms with Gasteiger partial charge < -0.3 is 19.5 Å². The summed E-state index contributed by atoms with van der Waals surface area (Å²) in [6, 6.07) is 8.17. The molecule has 0 aliphatic carbocycles. The van der Waals surface area contributed by atoms with Crippen LogP contribution < -0.4 is 5.32 Å². The van der Waals surface area contributed by atoms with Crippen molar-refractivity contribution in [1.82, 2.24) is 5.32 Å². The predicted octanol–water partition coefficient (Wildman–Crippen LogP) is 0.287. The van der Waals surface area contributed by atoms with Crippen molar-refractivity contribution in [2.75, 3.05) is 6.61 Å². The Labute approximate surface area is 138 Å². The second kappa shape index (κ2) is 5.59. The van der Waals surface area contributed by atoms with Crippen molar-refractivity contribution in [3.8, 4) is 0 Å². The van der Waals surface area contributed by atoms with E-state index >= 15 is 0 Å². The zero-order chi connectivity index (χ0) is 16.8. The maximum atomic E-state index is 12.4. The first-order chi connectivity index (χ1) is 11.6. The van der Waals surface area contributed by atoms with Crippen molar-refractivity contribution in [3.05, 3.63) is 35.9 Å². The zero-order valence-electron chi connectivity index (χ0n) is 13.0. The van der Waals surface area contributed by atoms with E-state index < -0.39 is 48.1 Å². The number of amides is 1. The molecule has 24 heavy (non-hydrogen) atoms. The Kier molecular flexibility index (Phi) is 3.53. The summed E-state index contributed by atoms with van der Waals surface area (Å²) in [5.74, 6) is -2.60. The molecule has 3 aliphatic rings. The third-order valence-corrected chi connectivity index (χ3v) is 4.86. The van der Waals surface area contributed by atoms with E-state index in [0.717, 1.165) is 0 Å². The molecular formula is C17H17NO6. The molecule has 1 aromatic carbocycles. The van der Waals surface area contributed by atoms with Gasteiger partial charge in [0, 0.05) is 5.56 Å². The highest BCUT2D eigenvalue weighted by Gasteiger charge is 2.70. The molecule has 1 N–H and O–H groups in total. The van der Waals surface area contributed by atoms with E-state index in [2.05, 4.69) is 5.32 Å². The van der Waals surface area contributed by atoms with Gasteiger partial charge in [0.05, 0.1) is 18.8 Å². The Morgan fingerprint density at radius 2 is 1.92 bits per heavy atom. The van der Waals surface area contributed by atoms with Crippen LogP contribution in [0.15, 0.2) is 30.3 Å². The summed E-state index contributed by atoms with van der Waals surface area (Å²) in [5.41, 5.74) is 0.494. The van der Waals surface area contributed by atoms with E-state index in [1.807, 2.05) is 6.07 Å². The van der Waals surface area contributed by atoms with Gasteiger partial charge in [-0.25, -0.2) is 0 Å². The van der Waals surface area contributed by atoms with Crippen LogP contribution in [0.1, 0.15) is 17.3 Å². The van der Waals surface area contributed by atoms with Crippen molar-refractivity contribution in [2.24, 2.45) is 11.8 Å². The van der Waals surface area contributed by atoms with E-state index in [9.17, 15) is 14.4 Å². The van der Waals surface area contributed by atoms with Gasteiger partial charge in [-0.3, -0.25) is 14.4 Å². The highest BCUT2D eigenvalue weighted by atomic mass is 16.6. The molecule has 3 heterocycles. The van der Waals surface area contributed by atoms with Crippen molar-refractivity contribution in [3.63, 3.8) is 0 Å². The number of carbonyl (C=O) groups is 3. The van der Waals surface area contributed by atoms with Crippen molar-refractivity contribution >= 4 is 17.8 Å². The molecule has 0 radical (unpaired) electrons. The van der Waals surface area contributed by atoms with Gasteiger partial charge in [0.1, 0.15) is 17.9 Å². The van der Waals surface area contributed by atoms with E-state index in [-0.39, 0.29) is 12.5 Å². The molecule has 3 fully saturated rings. The van der Waals surface area contributed by atoms with Crippen LogP contribution in [0.25, 0.3) is 0 Å². The molecule has 126 valence electrons. The molecule has 6 atom stereocenters. The highest BCUT2D eigenvalue weighted by Crippen LogP contribution is 2.50. The summed E-state index contributed by atoms with van der Waals surface area (Å²) >= 11 is 0. The maximum absolute atomic E-state index is 12.4. The van der Waals surface area contributed by atoms with Gasteiger partial charge in [-0.05, 0) is 19.1 Å². The number of hydrogen-bond acceptors (Lipinski definition) is 6.